The predicted octanol–water partition coefficient (Wildman–Crippen LogP) is 2.16. The molecule has 17 heavy (non-hydrogen) atoms. The van der Waals surface area contributed by atoms with Crippen molar-refractivity contribution < 1.29 is 13.9 Å². The van der Waals surface area contributed by atoms with Crippen molar-refractivity contribution in [2.75, 3.05) is 6.61 Å². The van der Waals surface area contributed by atoms with E-state index in [1.54, 1.807) is 0 Å². The zero-order chi connectivity index (χ0) is 12.4. The van der Waals surface area contributed by atoms with Crippen LogP contribution in [0.3, 0.4) is 0 Å². The highest BCUT2D eigenvalue weighted by Gasteiger charge is 2.34. The van der Waals surface area contributed by atoms with Gasteiger partial charge < -0.3 is 10.8 Å². The van der Waals surface area contributed by atoms with Crippen LogP contribution in [-0.4, -0.2) is 23.0 Å². The van der Waals surface area contributed by atoms with Gasteiger partial charge in [-0.25, -0.2) is 8.78 Å². The SMILES string of the molecule is NC(C1CC1)C(CO)Sc1cc(F)ccc1F. The van der Waals surface area contributed by atoms with Crippen LogP contribution in [0.15, 0.2) is 23.1 Å². The van der Waals surface area contributed by atoms with Crippen LogP contribution in [0.5, 0.6) is 0 Å². The smallest absolute Gasteiger partial charge is 0.136 e. The Bertz CT molecular complexity index is 398. The van der Waals surface area contributed by atoms with Gasteiger partial charge in [0.1, 0.15) is 11.6 Å². The first-order valence-corrected chi connectivity index (χ1v) is 6.48. The summed E-state index contributed by atoms with van der Waals surface area (Å²) >= 11 is 1.12. The van der Waals surface area contributed by atoms with E-state index in [0.717, 1.165) is 42.8 Å². The molecule has 1 aliphatic carbocycles. The molecule has 2 atom stereocenters. The standard InChI is InChI=1S/C12H15F2NOS/c13-8-3-4-9(14)10(5-8)17-11(6-16)12(15)7-1-2-7/h3-5,7,11-12,16H,1-2,6,15H2. The summed E-state index contributed by atoms with van der Waals surface area (Å²) in [4.78, 5) is 0.208. The maximum atomic E-state index is 13.4. The maximum absolute atomic E-state index is 13.4. The largest absolute Gasteiger partial charge is 0.395 e. The molecule has 94 valence electrons. The van der Waals surface area contributed by atoms with Gasteiger partial charge >= 0.3 is 0 Å². The molecule has 0 saturated heterocycles. The molecule has 2 unspecified atom stereocenters. The van der Waals surface area contributed by atoms with Gasteiger partial charge in [0, 0.05) is 16.2 Å². The van der Waals surface area contributed by atoms with Crippen LogP contribution < -0.4 is 5.73 Å². The number of rotatable bonds is 5. The summed E-state index contributed by atoms with van der Waals surface area (Å²) in [7, 11) is 0. The first kappa shape index (κ1) is 12.8. The number of hydrogen-bond donors (Lipinski definition) is 2. The van der Waals surface area contributed by atoms with Crippen LogP contribution in [0.1, 0.15) is 12.8 Å². The second-order valence-electron chi connectivity index (χ2n) is 4.33. The Morgan fingerprint density at radius 2 is 2.12 bits per heavy atom. The van der Waals surface area contributed by atoms with Crippen LogP contribution in [-0.2, 0) is 0 Å². The minimum absolute atomic E-state index is 0.127. The average molecular weight is 259 g/mol. The van der Waals surface area contributed by atoms with Gasteiger partial charge in [0.25, 0.3) is 0 Å². The molecule has 1 aromatic rings. The highest BCUT2D eigenvalue weighted by molar-refractivity contribution is 8.00. The Labute approximate surface area is 103 Å². The van der Waals surface area contributed by atoms with Crippen molar-refractivity contribution in [3.05, 3.63) is 29.8 Å². The third-order valence-electron chi connectivity index (χ3n) is 2.95. The summed E-state index contributed by atoms with van der Waals surface area (Å²) in [5.41, 5.74) is 5.97. The van der Waals surface area contributed by atoms with Gasteiger partial charge in [-0.2, -0.15) is 0 Å². The fourth-order valence-corrected chi connectivity index (χ4v) is 2.89. The van der Waals surface area contributed by atoms with Crippen molar-refractivity contribution >= 4 is 11.8 Å². The Balaban J connectivity index is 2.08. The summed E-state index contributed by atoms with van der Waals surface area (Å²) in [6.45, 7) is -0.127. The first-order chi connectivity index (χ1) is 8.11. The maximum Gasteiger partial charge on any atom is 0.136 e. The summed E-state index contributed by atoms with van der Waals surface area (Å²) in [5.74, 6) is -0.542. The number of halogens is 2. The number of benzene rings is 1. The molecule has 1 aromatic carbocycles. The predicted molar refractivity (Wildman–Crippen MR) is 63.8 cm³/mol. The van der Waals surface area contributed by atoms with Crippen molar-refractivity contribution in [3.63, 3.8) is 0 Å². The molecule has 3 N–H and O–H groups in total. The zero-order valence-corrected chi connectivity index (χ0v) is 10.1. The van der Waals surface area contributed by atoms with E-state index in [1.165, 1.54) is 0 Å². The van der Waals surface area contributed by atoms with Gasteiger partial charge in [-0.05, 0) is 37.0 Å². The number of hydrogen-bond acceptors (Lipinski definition) is 3. The number of aliphatic hydroxyl groups excluding tert-OH is 1. The Morgan fingerprint density at radius 1 is 1.41 bits per heavy atom. The Hall–Kier alpha value is -0.650. The molecule has 0 heterocycles. The first-order valence-electron chi connectivity index (χ1n) is 5.60. The minimum Gasteiger partial charge on any atom is -0.395 e. The molecule has 1 aliphatic rings. The molecule has 5 heteroatoms. The quantitative estimate of drug-likeness (QED) is 0.797. The molecule has 1 saturated carbocycles. The highest BCUT2D eigenvalue weighted by Crippen LogP contribution is 2.38. The fraction of sp³-hybridized carbons (Fsp3) is 0.500. The van der Waals surface area contributed by atoms with Crippen molar-refractivity contribution in [2.45, 2.75) is 29.0 Å². The third-order valence-corrected chi connectivity index (χ3v) is 4.28. The van der Waals surface area contributed by atoms with Crippen LogP contribution in [0.4, 0.5) is 8.78 Å². The van der Waals surface area contributed by atoms with Gasteiger partial charge in [0.2, 0.25) is 0 Å². The lowest BCUT2D eigenvalue weighted by molar-refractivity contribution is 0.277. The molecule has 1 fully saturated rings. The molecule has 0 aliphatic heterocycles. The monoisotopic (exact) mass is 259 g/mol. The van der Waals surface area contributed by atoms with E-state index in [-0.39, 0.29) is 22.8 Å². The van der Waals surface area contributed by atoms with Gasteiger partial charge in [0.05, 0.1) is 6.61 Å². The molecule has 2 nitrogen and oxygen atoms in total. The van der Waals surface area contributed by atoms with Gasteiger partial charge in [-0.3, -0.25) is 0 Å². The second kappa shape index (κ2) is 5.33. The van der Waals surface area contributed by atoms with Crippen LogP contribution in [0.25, 0.3) is 0 Å². The lowest BCUT2D eigenvalue weighted by atomic mass is 10.1. The van der Waals surface area contributed by atoms with Crippen molar-refractivity contribution in [1.82, 2.24) is 0 Å². The Kier molecular flexibility index (Phi) is 4.01. The zero-order valence-electron chi connectivity index (χ0n) is 9.27. The molecule has 0 bridgehead atoms. The van der Waals surface area contributed by atoms with Crippen LogP contribution in [0.2, 0.25) is 0 Å². The summed E-state index contributed by atoms with van der Waals surface area (Å²) in [6, 6.07) is 3.15. The van der Waals surface area contributed by atoms with Crippen molar-refractivity contribution in [2.24, 2.45) is 11.7 Å². The molecule has 0 aromatic heterocycles. The van der Waals surface area contributed by atoms with E-state index in [2.05, 4.69) is 0 Å². The van der Waals surface area contributed by atoms with E-state index in [9.17, 15) is 13.9 Å². The van der Waals surface area contributed by atoms with E-state index < -0.39 is 11.6 Å². The van der Waals surface area contributed by atoms with E-state index in [0.29, 0.717) is 5.92 Å². The lowest BCUT2D eigenvalue weighted by Gasteiger charge is -2.21. The third kappa shape index (κ3) is 3.18. The topological polar surface area (TPSA) is 46.2 Å². The molecule has 0 radical (unpaired) electrons. The number of nitrogens with two attached hydrogens (primary N) is 1. The van der Waals surface area contributed by atoms with Gasteiger partial charge in [-0.1, -0.05) is 0 Å². The fourth-order valence-electron chi connectivity index (χ4n) is 1.75. The van der Waals surface area contributed by atoms with E-state index in [4.69, 9.17) is 5.73 Å². The van der Waals surface area contributed by atoms with Crippen molar-refractivity contribution in [1.29, 1.82) is 0 Å². The molecule has 2 rings (SSSR count). The van der Waals surface area contributed by atoms with Crippen LogP contribution in [0, 0.1) is 17.6 Å². The van der Waals surface area contributed by atoms with E-state index >= 15 is 0 Å². The second-order valence-corrected chi connectivity index (χ2v) is 5.61. The van der Waals surface area contributed by atoms with Gasteiger partial charge in [0.15, 0.2) is 0 Å². The molecule has 0 spiro atoms. The summed E-state index contributed by atoms with van der Waals surface area (Å²) in [5, 5.41) is 9.00. The molecular weight excluding hydrogens is 244 g/mol. The summed E-state index contributed by atoms with van der Waals surface area (Å²) in [6.07, 6.45) is 2.12. The molecule has 0 amide bonds. The number of aliphatic hydroxyl groups is 1. The van der Waals surface area contributed by atoms with Crippen molar-refractivity contribution in [3.8, 4) is 0 Å². The van der Waals surface area contributed by atoms with Crippen LogP contribution >= 0.6 is 11.8 Å². The number of thioether (sulfide) groups is 1. The normalized spacial score (nSPS) is 19.1. The summed E-state index contributed by atoms with van der Waals surface area (Å²) < 4.78 is 26.4. The lowest BCUT2D eigenvalue weighted by Crippen LogP contribution is -2.36. The van der Waals surface area contributed by atoms with E-state index in [1.807, 2.05) is 0 Å². The highest BCUT2D eigenvalue weighted by atomic mass is 32.2. The minimum atomic E-state index is -0.481. The molecular formula is C12H15F2NOS. The van der Waals surface area contributed by atoms with Gasteiger partial charge in [-0.15, -0.1) is 11.8 Å². The average Bonchev–Trinajstić information content (AvgIpc) is 3.13. The Morgan fingerprint density at radius 3 is 2.71 bits per heavy atom.